The molecule has 130 valence electrons. The van der Waals surface area contributed by atoms with E-state index in [1.165, 1.54) is 29.6 Å². The Morgan fingerprint density at radius 2 is 2.17 bits per heavy atom. The smallest absolute Gasteiger partial charge is 0.252 e. The summed E-state index contributed by atoms with van der Waals surface area (Å²) in [5.74, 6) is -0.155. The Morgan fingerprint density at radius 3 is 2.74 bits per heavy atom. The third-order valence-corrected chi connectivity index (χ3v) is 5.68. The predicted molar refractivity (Wildman–Crippen MR) is 89.6 cm³/mol. The first kappa shape index (κ1) is 19.7. The number of ether oxygens (including phenoxy) is 1. The molecule has 0 saturated carbocycles. The predicted octanol–water partition coefficient (Wildman–Crippen LogP) is 0.446. The van der Waals surface area contributed by atoms with Crippen LogP contribution in [0.5, 0.6) is 5.75 Å². The van der Waals surface area contributed by atoms with Crippen molar-refractivity contribution in [1.29, 1.82) is 0 Å². The van der Waals surface area contributed by atoms with E-state index in [0.717, 1.165) is 13.0 Å². The normalized spacial score (nSPS) is 18.4. The van der Waals surface area contributed by atoms with Gasteiger partial charge in [-0.2, -0.15) is 4.31 Å². The van der Waals surface area contributed by atoms with Gasteiger partial charge in [-0.05, 0) is 44.1 Å². The molecule has 0 radical (unpaired) electrons. The molecule has 2 rings (SSSR count). The SMILES string of the molecule is CNCC1CCN(S(=O)(=O)c2ccc(OC)c(C(N)=O)c2)C1.Cl. The Kier molecular flexibility index (Phi) is 6.82. The zero-order chi connectivity index (χ0) is 16.3. The van der Waals surface area contributed by atoms with Crippen LogP contribution in [-0.4, -0.2) is 52.4 Å². The number of carbonyl (C=O) groups is 1. The van der Waals surface area contributed by atoms with Crippen LogP contribution in [0.3, 0.4) is 0 Å². The largest absolute Gasteiger partial charge is 0.496 e. The maximum Gasteiger partial charge on any atom is 0.252 e. The Balaban J connectivity index is 0.00000264. The molecule has 3 N–H and O–H groups in total. The molecule has 1 aromatic carbocycles. The Morgan fingerprint density at radius 1 is 1.48 bits per heavy atom. The van der Waals surface area contributed by atoms with Crippen LogP contribution in [0.1, 0.15) is 16.8 Å². The van der Waals surface area contributed by atoms with Crippen molar-refractivity contribution in [3.63, 3.8) is 0 Å². The molecule has 1 saturated heterocycles. The molecule has 7 nitrogen and oxygen atoms in total. The lowest BCUT2D eigenvalue weighted by atomic mass is 10.1. The van der Waals surface area contributed by atoms with E-state index >= 15 is 0 Å². The molecule has 1 aromatic rings. The van der Waals surface area contributed by atoms with Gasteiger partial charge in [-0.1, -0.05) is 0 Å². The van der Waals surface area contributed by atoms with Crippen molar-refractivity contribution in [3.05, 3.63) is 23.8 Å². The second kappa shape index (κ2) is 7.96. The maximum absolute atomic E-state index is 12.7. The first-order valence-corrected chi connectivity index (χ1v) is 8.46. The Labute approximate surface area is 142 Å². The van der Waals surface area contributed by atoms with Gasteiger partial charge in [0.05, 0.1) is 17.6 Å². The van der Waals surface area contributed by atoms with Crippen LogP contribution in [0.2, 0.25) is 0 Å². The standard InChI is InChI=1S/C14H21N3O4S.ClH/c1-16-8-10-5-6-17(9-10)22(19,20)11-3-4-13(21-2)12(7-11)14(15)18;/h3-4,7,10,16H,5-6,8-9H2,1-2H3,(H2,15,18);1H. The highest BCUT2D eigenvalue weighted by Gasteiger charge is 2.32. The molecule has 0 aliphatic carbocycles. The molecular weight excluding hydrogens is 342 g/mol. The van der Waals surface area contributed by atoms with E-state index in [0.29, 0.717) is 19.0 Å². The molecule has 1 unspecified atom stereocenters. The summed E-state index contributed by atoms with van der Waals surface area (Å²) in [6.45, 7) is 1.73. The van der Waals surface area contributed by atoms with Crippen LogP contribution < -0.4 is 15.8 Å². The van der Waals surface area contributed by atoms with Crippen molar-refractivity contribution in [3.8, 4) is 5.75 Å². The summed E-state index contributed by atoms with van der Waals surface area (Å²) in [6.07, 6.45) is 0.818. The van der Waals surface area contributed by atoms with E-state index in [4.69, 9.17) is 10.5 Å². The third kappa shape index (κ3) is 4.14. The van der Waals surface area contributed by atoms with Crippen molar-refractivity contribution in [2.45, 2.75) is 11.3 Å². The van der Waals surface area contributed by atoms with E-state index in [-0.39, 0.29) is 28.6 Å². The number of carbonyl (C=O) groups excluding carboxylic acids is 1. The molecule has 9 heteroatoms. The highest BCUT2D eigenvalue weighted by molar-refractivity contribution is 7.89. The van der Waals surface area contributed by atoms with Gasteiger partial charge in [0.25, 0.3) is 5.91 Å². The number of sulfonamides is 1. The lowest BCUT2D eigenvalue weighted by Crippen LogP contribution is -2.30. The molecule has 1 amide bonds. The first-order chi connectivity index (χ1) is 10.4. The minimum atomic E-state index is -3.63. The van der Waals surface area contributed by atoms with Gasteiger partial charge in [0, 0.05) is 13.1 Å². The molecule has 0 spiro atoms. The number of benzene rings is 1. The highest BCUT2D eigenvalue weighted by Crippen LogP contribution is 2.27. The molecule has 1 heterocycles. The number of amides is 1. The Bertz CT molecular complexity index is 666. The minimum absolute atomic E-state index is 0. The fraction of sp³-hybridized carbons (Fsp3) is 0.500. The van der Waals surface area contributed by atoms with E-state index in [1.54, 1.807) is 0 Å². The van der Waals surface area contributed by atoms with E-state index in [2.05, 4.69) is 5.32 Å². The molecule has 1 aliphatic rings. The summed E-state index contributed by atoms with van der Waals surface area (Å²) in [5.41, 5.74) is 5.35. The van der Waals surface area contributed by atoms with Crippen molar-refractivity contribution in [2.24, 2.45) is 11.7 Å². The summed E-state index contributed by atoms with van der Waals surface area (Å²) < 4.78 is 31.8. The first-order valence-electron chi connectivity index (χ1n) is 7.02. The number of rotatable bonds is 6. The molecular formula is C14H22ClN3O4S. The summed E-state index contributed by atoms with van der Waals surface area (Å²) in [6, 6.07) is 4.17. The minimum Gasteiger partial charge on any atom is -0.496 e. The van der Waals surface area contributed by atoms with Crippen LogP contribution in [0, 0.1) is 5.92 Å². The van der Waals surface area contributed by atoms with Crippen molar-refractivity contribution >= 4 is 28.3 Å². The van der Waals surface area contributed by atoms with Gasteiger partial charge >= 0.3 is 0 Å². The van der Waals surface area contributed by atoms with Gasteiger partial charge < -0.3 is 15.8 Å². The van der Waals surface area contributed by atoms with Gasteiger partial charge in [0.2, 0.25) is 10.0 Å². The lowest BCUT2D eigenvalue weighted by Gasteiger charge is -2.17. The number of hydrogen-bond donors (Lipinski definition) is 2. The van der Waals surface area contributed by atoms with Gasteiger partial charge in [-0.3, -0.25) is 4.79 Å². The van der Waals surface area contributed by atoms with Gasteiger partial charge in [0.1, 0.15) is 5.75 Å². The van der Waals surface area contributed by atoms with Crippen LogP contribution >= 0.6 is 12.4 Å². The summed E-state index contributed by atoms with van der Waals surface area (Å²) in [7, 11) is -0.380. The lowest BCUT2D eigenvalue weighted by molar-refractivity contribution is 0.0997. The van der Waals surface area contributed by atoms with Crippen LogP contribution in [-0.2, 0) is 10.0 Å². The van der Waals surface area contributed by atoms with E-state index < -0.39 is 15.9 Å². The Hall–Kier alpha value is -1.35. The van der Waals surface area contributed by atoms with E-state index in [1.807, 2.05) is 7.05 Å². The zero-order valence-electron chi connectivity index (χ0n) is 13.1. The highest BCUT2D eigenvalue weighted by atomic mass is 35.5. The quantitative estimate of drug-likeness (QED) is 0.763. The van der Waals surface area contributed by atoms with Gasteiger partial charge in [0.15, 0.2) is 0 Å². The fourth-order valence-corrected chi connectivity index (χ4v) is 4.22. The van der Waals surface area contributed by atoms with Gasteiger partial charge in [-0.25, -0.2) is 8.42 Å². The van der Waals surface area contributed by atoms with Gasteiger partial charge in [-0.15, -0.1) is 12.4 Å². The third-order valence-electron chi connectivity index (χ3n) is 3.82. The second-order valence-electron chi connectivity index (χ2n) is 5.30. The van der Waals surface area contributed by atoms with E-state index in [9.17, 15) is 13.2 Å². The monoisotopic (exact) mass is 363 g/mol. The number of halogens is 1. The number of nitrogens with zero attached hydrogens (tertiary/aromatic N) is 1. The van der Waals surface area contributed by atoms with Crippen LogP contribution in [0.4, 0.5) is 0 Å². The molecule has 0 bridgehead atoms. The number of nitrogens with two attached hydrogens (primary N) is 1. The second-order valence-corrected chi connectivity index (χ2v) is 7.24. The van der Waals surface area contributed by atoms with Crippen molar-refractivity contribution in [2.75, 3.05) is 33.8 Å². The topological polar surface area (TPSA) is 102 Å². The molecule has 1 aliphatic heterocycles. The average Bonchev–Trinajstić information content (AvgIpc) is 2.96. The fourth-order valence-electron chi connectivity index (χ4n) is 2.66. The summed E-state index contributed by atoms with van der Waals surface area (Å²) in [4.78, 5) is 11.5. The van der Waals surface area contributed by atoms with Crippen LogP contribution in [0.15, 0.2) is 23.1 Å². The molecule has 0 aromatic heterocycles. The number of nitrogens with one attached hydrogen (secondary N) is 1. The number of hydrogen-bond acceptors (Lipinski definition) is 5. The maximum atomic E-state index is 12.7. The van der Waals surface area contributed by atoms with Crippen molar-refractivity contribution < 1.29 is 17.9 Å². The molecule has 1 fully saturated rings. The number of primary amides is 1. The average molecular weight is 364 g/mol. The summed E-state index contributed by atoms with van der Waals surface area (Å²) in [5, 5.41) is 3.06. The number of methoxy groups -OCH3 is 1. The molecule has 1 atom stereocenters. The zero-order valence-corrected chi connectivity index (χ0v) is 14.7. The summed E-state index contributed by atoms with van der Waals surface area (Å²) >= 11 is 0. The molecule has 23 heavy (non-hydrogen) atoms. The van der Waals surface area contributed by atoms with Crippen molar-refractivity contribution in [1.82, 2.24) is 9.62 Å². The van der Waals surface area contributed by atoms with Crippen LogP contribution in [0.25, 0.3) is 0 Å².